The van der Waals surface area contributed by atoms with Crippen molar-refractivity contribution in [3.05, 3.63) is 11.1 Å². The van der Waals surface area contributed by atoms with Crippen molar-refractivity contribution in [2.45, 2.75) is 52.1 Å². The van der Waals surface area contributed by atoms with Crippen molar-refractivity contribution in [1.29, 1.82) is 0 Å². The van der Waals surface area contributed by atoms with Gasteiger partial charge in [-0.2, -0.15) is 0 Å². The Morgan fingerprint density at radius 2 is 2.09 bits per heavy atom. The zero-order chi connectivity index (χ0) is 15.9. The third-order valence-electron chi connectivity index (χ3n) is 4.02. The van der Waals surface area contributed by atoms with Crippen LogP contribution in [0.1, 0.15) is 45.2 Å². The number of nitrogens with one attached hydrogen (secondary N) is 2. The normalized spacial score (nSPS) is 22.5. The molecule has 0 bridgehead atoms. The molecule has 0 saturated heterocycles. The molecule has 1 saturated carbocycles. The van der Waals surface area contributed by atoms with Crippen LogP contribution < -0.4 is 15.5 Å². The molecule has 1 fully saturated rings. The molecule has 0 amide bonds. The lowest BCUT2D eigenvalue weighted by Crippen LogP contribution is -2.44. The van der Waals surface area contributed by atoms with Crippen LogP contribution in [0.15, 0.2) is 10.4 Å². The van der Waals surface area contributed by atoms with Crippen molar-refractivity contribution in [1.82, 2.24) is 15.6 Å². The van der Waals surface area contributed by atoms with Crippen molar-refractivity contribution in [3.63, 3.8) is 0 Å². The summed E-state index contributed by atoms with van der Waals surface area (Å²) in [6, 6.07) is 0.557. The summed E-state index contributed by atoms with van der Waals surface area (Å²) in [6.45, 7) is 5.96. The first kappa shape index (κ1) is 17.1. The quantitative estimate of drug-likeness (QED) is 0.646. The molecule has 0 radical (unpaired) electrons. The Labute approximate surface area is 138 Å². The van der Waals surface area contributed by atoms with Crippen molar-refractivity contribution < 1.29 is 0 Å². The minimum Gasteiger partial charge on any atom is -0.357 e. The van der Waals surface area contributed by atoms with E-state index in [0.29, 0.717) is 12.6 Å². The monoisotopic (exact) mass is 323 g/mol. The van der Waals surface area contributed by atoms with Crippen LogP contribution in [-0.2, 0) is 6.54 Å². The van der Waals surface area contributed by atoms with Gasteiger partial charge in [-0.3, -0.25) is 0 Å². The maximum atomic E-state index is 4.69. The smallest absolute Gasteiger partial charge is 0.191 e. The van der Waals surface area contributed by atoms with Gasteiger partial charge in [-0.1, -0.05) is 6.92 Å². The second kappa shape index (κ2) is 8.36. The zero-order valence-corrected chi connectivity index (χ0v) is 15.0. The predicted molar refractivity (Wildman–Crippen MR) is 95.8 cm³/mol. The lowest BCUT2D eigenvalue weighted by Gasteiger charge is -2.28. The van der Waals surface area contributed by atoms with Crippen LogP contribution in [0.3, 0.4) is 0 Å². The van der Waals surface area contributed by atoms with Crippen molar-refractivity contribution in [3.8, 4) is 0 Å². The fourth-order valence-electron chi connectivity index (χ4n) is 2.65. The average molecular weight is 324 g/mol. The van der Waals surface area contributed by atoms with Gasteiger partial charge in [0.15, 0.2) is 11.1 Å². The van der Waals surface area contributed by atoms with Crippen LogP contribution in [0.2, 0.25) is 0 Å². The molecule has 1 aliphatic carbocycles. The van der Waals surface area contributed by atoms with Gasteiger partial charge in [0, 0.05) is 32.1 Å². The number of hydrogen-bond donors (Lipinski definition) is 2. The average Bonchev–Trinajstić information content (AvgIpc) is 2.96. The molecule has 1 aliphatic rings. The van der Waals surface area contributed by atoms with E-state index < -0.39 is 0 Å². The highest BCUT2D eigenvalue weighted by molar-refractivity contribution is 7.13. The summed E-state index contributed by atoms with van der Waals surface area (Å²) in [4.78, 5) is 11.3. The van der Waals surface area contributed by atoms with Gasteiger partial charge < -0.3 is 15.5 Å². The molecule has 1 aromatic heterocycles. The van der Waals surface area contributed by atoms with Gasteiger partial charge in [-0.25, -0.2) is 9.98 Å². The number of thiazole rings is 1. The van der Waals surface area contributed by atoms with Gasteiger partial charge in [-0.15, -0.1) is 11.3 Å². The standard InChI is InChI=1S/C16H29N5S/c1-5-17-15(19-13-8-6-12(2)7-9-13)18-10-14-11-22-16(20-14)21(3)4/h11-13H,5-10H2,1-4H3,(H2,17,18,19). The number of rotatable bonds is 5. The molecule has 6 heteroatoms. The molecule has 0 spiro atoms. The molecular formula is C16H29N5S. The van der Waals surface area contributed by atoms with E-state index in [-0.39, 0.29) is 0 Å². The summed E-state index contributed by atoms with van der Waals surface area (Å²) in [5, 5.41) is 10.0. The Balaban J connectivity index is 1.91. The molecule has 5 nitrogen and oxygen atoms in total. The first-order valence-electron chi connectivity index (χ1n) is 8.25. The summed E-state index contributed by atoms with van der Waals surface area (Å²) in [5.41, 5.74) is 1.03. The molecule has 124 valence electrons. The molecular weight excluding hydrogens is 294 g/mol. The highest BCUT2D eigenvalue weighted by Crippen LogP contribution is 2.23. The Kier molecular flexibility index (Phi) is 6.49. The summed E-state index contributed by atoms with van der Waals surface area (Å²) in [7, 11) is 4.03. The van der Waals surface area contributed by atoms with Crippen molar-refractivity contribution >= 4 is 22.4 Å². The maximum Gasteiger partial charge on any atom is 0.191 e. The lowest BCUT2D eigenvalue weighted by atomic mass is 9.87. The van der Waals surface area contributed by atoms with Crippen LogP contribution in [-0.4, -0.2) is 37.6 Å². The fraction of sp³-hybridized carbons (Fsp3) is 0.750. The minimum atomic E-state index is 0.557. The van der Waals surface area contributed by atoms with Gasteiger partial charge in [-0.05, 0) is 38.5 Å². The number of hydrogen-bond acceptors (Lipinski definition) is 4. The van der Waals surface area contributed by atoms with Gasteiger partial charge in [0.1, 0.15) is 0 Å². The maximum absolute atomic E-state index is 4.69. The number of anilines is 1. The summed E-state index contributed by atoms with van der Waals surface area (Å²) < 4.78 is 0. The van der Waals surface area contributed by atoms with Gasteiger partial charge >= 0.3 is 0 Å². The molecule has 2 rings (SSSR count). The number of nitrogens with zero attached hydrogens (tertiary/aromatic N) is 3. The van der Waals surface area contributed by atoms with E-state index in [1.807, 2.05) is 19.0 Å². The summed E-state index contributed by atoms with van der Waals surface area (Å²) >= 11 is 1.66. The third kappa shape index (κ3) is 5.16. The van der Waals surface area contributed by atoms with Crippen LogP contribution in [0.5, 0.6) is 0 Å². The Morgan fingerprint density at radius 3 is 2.68 bits per heavy atom. The van der Waals surface area contributed by atoms with Crippen LogP contribution in [0, 0.1) is 5.92 Å². The number of aliphatic imine (C=N–C) groups is 1. The van der Waals surface area contributed by atoms with Crippen molar-refractivity contribution in [2.24, 2.45) is 10.9 Å². The second-order valence-corrected chi connectivity index (χ2v) is 7.15. The van der Waals surface area contributed by atoms with E-state index in [4.69, 9.17) is 0 Å². The van der Waals surface area contributed by atoms with Gasteiger partial charge in [0.05, 0.1) is 12.2 Å². The van der Waals surface area contributed by atoms with E-state index in [9.17, 15) is 0 Å². The van der Waals surface area contributed by atoms with Crippen molar-refractivity contribution in [2.75, 3.05) is 25.5 Å². The van der Waals surface area contributed by atoms with E-state index in [2.05, 4.69) is 39.8 Å². The minimum absolute atomic E-state index is 0.557. The highest BCUT2D eigenvalue weighted by atomic mass is 32.1. The van der Waals surface area contributed by atoms with Crippen LogP contribution >= 0.6 is 11.3 Å². The number of guanidine groups is 1. The molecule has 0 unspecified atom stereocenters. The van der Waals surface area contributed by atoms with Gasteiger partial charge in [0.2, 0.25) is 0 Å². The highest BCUT2D eigenvalue weighted by Gasteiger charge is 2.18. The van der Waals surface area contributed by atoms with E-state index in [0.717, 1.165) is 29.2 Å². The molecule has 0 aromatic carbocycles. The fourth-order valence-corrected chi connectivity index (χ4v) is 3.40. The first-order valence-corrected chi connectivity index (χ1v) is 9.13. The molecule has 0 aliphatic heterocycles. The Hall–Kier alpha value is -1.30. The topological polar surface area (TPSA) is 52.6 Å². The second-order valence-electron chi connectivity index (χ2n) is 6.31. The van der Waals surface area contributed by atoms with E-state index in [1.165, 1.54) is 25.7 Å². The Morgan fingerprint density at radius 1 is 1.36 bits per heavy atom. The lowest BCUT2D eigenvalue weighted by molar-refractivity contribution is 0.329. The van der Waals surface area contributed by atoms with Crippen LogP contribution in [0.25, 0.3) is 0 Å². The first-order chi connectivity index (χ1) is 10.6. The van der Waals surface area contributed by atoms with E-state index >= 15 is 0 Å². The predicted octanol–water partition coefficient (Wildman–Crippen LogP) is 2.84. The Bertz CT molecular complexity index is 475. The summed E-state index contributed by atoms with van der Waals surface area (Å²) in [6.07, 6.45) is 5.12. The third-order valence-corrected chi connectivity index (χ3v) is 5.08. The molecule has 1 heterocycles. The molecule has 2 N–H and O–H groups in total. The SMILES string of the molecule is CCNC(=NCc1csc(N(C)C)n1)NC1CCC(C)CC1. The molecule has 1 aromatic rings. The zero-order valence-electron chi connectivity index (χ0n) is 14.2. The van der Waals surface area contributed by atoms with Crippen LogP contribution in [0.4, 0.5) is 5.13 Å². The number of aromatic nitrogens is 1. The summed E-state index contributed by atoms with van der Waals surface area (Å²) in [5.74, 6) is 1.79. The molecule has 0 atom stereocenters. The largest absolute Gasteiger partial charge is 0.357 e. The van der Waals surface area contributed by atoms with E-state index in [1.54, 1.807) is 11.3 Å². The molecule has 22 heavy (non-hydrogen) atoms. The van der Waals surface area contributed by atoms with Gasteiger partial charge in [0.25, 0.3) is 0 Å².